The smallest absolute Gasteiger partial charge is 0.251 e. The van der Waals surface area contributed by atoms with E-state index in [0.717, 1.165) is 19.4 Å². The van der Waals surface area contributed by atoms with Crippen molar-refractivity contribution in [3.8, 4) is 0 Å². The summed E-state index contributed by atoms with van der Waals surface area (Å²) in [6.45, 7) is 6.04. The number of amides is 1. The molecule has 1 heterocycles. The molecule has 3 rings (SSSR count). The number of carbonyl (C=O) groups excluding carboxylic acids is 1. The number of benzene rings is 1. The van der Waals surface area contributed by atoms with Gasteiger partial charge in [-0.25, -0.2) is 0 Å². The average molecular weight is 345 g/mol. The van der Waals surface area contributed by atoms with Crippen molar-refractivity contribution in [3.05, 3.63) is 35.9 Å². The van der Waals surface area contributed by atoms with Crippen LogP contribution in [0.15, 0.2) is 30.3 Å². The second-order valence-corrected chi connectivity index (χ2v) is 7.49. The molecule has 3 atom stereocenters. The van der Waals surface area contributed by atoms with E-state index in [0.29, 0.717) is 19.1 Å². The molecule has 4 nitrogen and oxygen atoms in total. The highest BCUT2D eigenvalue weighted by molar-refractivity contribution is 5.81. The predicted molar refractivity (Wildman–Crippen MR) is 98.2 cm³/mol. The van der Waals surface area contributed by atoms with Crippen LogP contribution in [-0.2, 0) is 20.8 Å². The lowest BCUT2D eigenvalue weighted by Gasteiger charge is -2.32. The third kappa shape index (κ3) is 5.29. The van der Waals surface area contributed by atoms with Crippen LogP contribution in [0.4, 0.5) is 0 Å². The van der Waals surface area contributed by atoms with E-state index in [1.165, 1.54) is 24.8 Å². The standard InChI is InChI=1S/C21H31NO3/c1-16(19-11-12-19)22(14-18-8-4-3-5-9-18)21(23)17(2)25-15-20-10-6-7-13-24-20/h3-5,8-9,16-17,19-20H,6-7,10-15H2,1-2H3. The number of carbonyl (C=O) groups is 1. The number of hydrogen-bond donors (Lipinski definition) is 0. The lowest BCUT2D eigenvalue weighted by molar-refractivity contribution is -0.149. The van der Waals surface area contributed by atoms with Gasteiger partial charge in [-0.1, -0.05) is 30.3 Å². The molecule has 4 heteroatoms. The van der Waals surface area contributed by atoms with Crippen LogP contribution in [-0.4, -0.2) is 42.3 Å². The van der Waals surface area contributed by atoms with Crippen molar-refractivity contribution in [2.45, 2.75) is 70.7 Å². The summed E-state index contributed by atoms with van der Waals surface area (Å²) >= 11 is 0. The van der Waals surface area contributed by atoms with Crippen LogP contribution >= 0.6 is 0 Å². The number of rotatable bonds is 8. The van der Waals surface area contributed by atoms with E-state index in [9.17, 15) is 4.79 Å². The van der Waals surface area contributed by atoms with Crippen molar-refractivity contribution in [2.75, 3.05) is 13.2 Å². The minimum Gasteiger partial charge on any atom is -0.376 e. The molecule has 0 spiro atoms. The van der Waals surface area contributed by atoms with E-state index in [1.807, 2.05) is 30.0 Å². The van der Waals surface area contributed by atoms with Gasteiger partial charge in [0.1, 0.15) is 6.10 Å². The Labute approximate surface area is 151 Å². The summed E-state index contributed by atoms with van der Waals surface area (Å²) in [6.07, 6.45) is 5.54. The Morgan fingerprint density at radius 3 is 2.60 bits per heavy atom. The summed E-state index contributed by atoms with van der Waals surface area (Å²) in [6, 6.07) is 10.5. The normalized spacial score (nSPS) is 23.0. The molecule has 0 radical (unpaired) electrons. The van der Waals surface area contributed by atoms with Gasteiger partial charge in [0.25, 0.3) is 5.91 Å². The van der Waals surface area contributed by atoms with Crippen molar-refractivity contribution in [1.29, 1.82) is 0 Å². The highest BCUT2D eigenvalue weighted by Gasteiger charge is 2.36. The molecule has 1 aromatic carbocycles. The first-order valence-electron chi connectivity index (χ1n) is 9.72. The Bertz CT molecular complexity index is 537. The molecule has 1 saturated carbocycles. The number of nitrogens with zero attached hydrogens (tertiary/aromatic N) is 1. The molecule has 2 fully saturated rings. The van der Waals surface area contributed by atoms with Crippen LogP contribution in [0, 0.1) is 5.92 Å². The zero-order valence-corrected chi connectivity index (χ0v) is 15.5. The molecule has 1 aromatic rings. The van der Waals surface area contributed by atoms with Crippen molar-refractivity contribution >= 4 is 5.91 Å². The first-order chi connectivity index (χ1) is 12.1. The fourth-order valence-corrected chi connectivity index (χ4v) is 3.53. The lowest BCUT2D eigenvalue weighted by Crippen LogP contribution is -2.45. The third-order valence-electron chi connectivity index (χ3n) is 5.43. The first-order valence-corrected chi connectivity index (χ1v) is 9.72. The fourth-order valence-electron chi connectivity index (χ4n) is 3.53. The van der Waals surface area contributed by atoms with Crippen molar-refractivity contribution in [3.63, 3.8) is 0 Å². The Morgan fingerprint density at radius 1 is 1.20 bits per heavy atom. The van der Waals surface area contributed by atoms with Gasteiger partial charge in [0.15, 0.2) is 0 Å². The van der Waals surface area contributed by atoms with Crippen LogP contribution < -0.4 is 0 Å². The van der Waals surface area contributed by atoms with E-state index in [-0.39, 0.29) is 18.1 Å². The third-order valence-corrected chi connectivity index (χ3v) is 5.43. The van der Waals surface area contributed by atoms with E-state index in [4.69, 9.17) is 9.47 Å². The van der Waals surface area contributed by atoms with Gasteiger partial charge in [0.2, 0.25) is 0 Å². The van der Waals surface area contributed by atoms with Gasteiger partial charge in [0.05, 0.1) is 12.7 Å². The summed E-state index contributed by atoms with van der Waals surface area (Å²) in [5.41, 5.74) is 1.17. The van der Waals surface area contributed by atoms with E-state index < -0.39 is 6.10 Å². The SMILES string of the molecule is CC(OCC1CCCCO1)C(=O)N(Cc1ccccc1)C(C)C1CC1. The summed E-state index contributed by atoms with van der Waals surface area (Å²) in [7, 11) is 0. The Morgan fingerprint density at radius 2 is 1.96 bits per heavy atom. The highest BCUT2D eigenvalue weighted by atomic mass is 16.5. The van der Waals surface area contributed by atoms with Crippen LogP contribution in [0.3, 0.4) is 0 Å². The minimum atomic E-state index is -0.421. The first kappa shape index (κ1) is 18.4. The summed E-state index contributed by atoms with van der Waals surface area (Å²) < 4.78 is 11.6. The molecule has 138 valence electrons. The monoisotopic (exact) mass is 345 g/mol. The van der Waals surface area contributed by atoms with Crippen molar-refractivity contribution in [1.82, 2.24) is 4.90 Å². The molecule has 1 amide bonds. The quantitative estimate of drug-likeness (QED) is 0.719. The van der Waals surface area contributed by atoms with Gasteiger partial charge < -0.3 is 14.4 Å². The van der Waals surface area contributed by atoms with Crippen LogP contribution in [0.5, 0.6) is 0 Å². The van der Waals surface area contributed by atoms with Crippen LogP contribution in [0.25, 0.3) is 0 Å². The molecule has 2 aliphatic rings. The topological polar surface area (TPSA) is 38.8 Å². The summed E-state index contributed by atoms with van der Waals surface area (Å²) in [4.78, 5) is 15.1. The van der Waals surface area contributed by atoms with Gasteiger partial charge in [0, 0.05) is 19.2 Å². The van der Waals surface area contributed by atoms with E-state index >= 15 is 0 Å². The maximum atomic E-state index is 13.1. The zero-order valence-electron chi connectivity index (χ0n) is 15.5. The maximum absolute atomic E-state index is 13.1. The molecule has 1 aliphatic heterocycles. The van der Waals surface area contributed by atoms with Crippen LogP contribution in [0.1, 0.15) is 51.5 Å². The maximum Gasteiger partial charge on any atom is 0.251 e. The Balaban J connectivity index is 1.59. The zero-order chi connectivity index (χ0) is 17.6. The van der Waals surface area contributed by atoms with E-state index in [2.05, 4.69) is 19.1 Å². The summed E-state index contributed by atoms with van der Waals surface area (Å²) in [5, 5.41) is 0. The molecule has 0 bridgehead atoms. The predicted octanol–water partition coefficient (Wildman–Crippen LogP) is 3.79. The second-order valence-electron chi connectivity index (χ2n) is 7.49. The molecular formula is C21H31NO3. The lowest BCUT2D eigenvalue weighted by atomic mass is 10.1. The Hall–Kier alpha value is -1.39. The van der Waals surface area contributed by atoms with Crippen molar-refractivity contribution in [2.24, 2.45) is 5.92 Å². The van der Waals surface area contributed by atoms with Crippen molar-refractivity contribution < 1.29 is 14.3 Å². The minimum absolute atomic E-state index is 0.0964. The van der Waals surface area contributed by atoms with E-state index in [1.54, 1.807) is 0 Å². The molecule has 25 heavy (non-hydrogen) atoms. The molecular weight excluding hydrogens is 314 g/mol. The molecule has 0 aromatic heterocycles. The molecule has 1 aliphatic carbocycles. The Kier molecular flexibility index (Phi) is 6.49. The highest BCUT2D eigenvalue weighted by Crippen LogP contribution is 2.36. The number of ether oxygens (including phenoxy) is 2. The fraction of sp³-hybridized carbons (Fsp3) is 0.667. The largest absolute Gasteiger partial charge is 0.376 e. The van der Waals surface area contributed by atoms with Gasteiger partial charge in [-0.2, -0.15) is 0 Å². The van der Waals surface area contributed by atoms with Gasteiger partial charge in [-0.3, -0.25) is 4.79 Å². The van der Waals surface area contributed by atoms with Gasteiger partial charge in [-0.05, 0) is 57.4 Å². The van der Waals surface area contributed by atoms with Gasteiger partial charge in [-0.15, -0.1) is 0 Å². The number of hydrogen-bond acceptors (Lipinski definition) is 3. The average Bonchev–Trinajstić information content (AvgIpc) is 3.50. The molecule has 1 saturated heterocycles. The summed E-state index contributed by atoms with van der Waals surface area (Å²) in [5.74, 6) is 0.737. The molecule has 0 N–H and O–H groups in total. The van der Waals surface area contributed by atoms with Crippen LogP contribution in [0.2, 0.25) is 0 Å². The van der Waals surface area contributed by atoms with Gasteiger partial charge >= 0.3 is 0 Å². The molecule has 3 unspecified atom stereocenters. The second kappa shape index (κ2) is 8.81.